The number of aromatic nitrogens is 2. The lowest BCUT2D eigenvalue weighted by Gasteiger charge is -2.25. The fourth-order valence-electron chi connectivity index (χ4n) is 3.58. The van der Waals surface area contributed by atoms with Crippen molar-refractivity contribution in [1.29, 1.82) is 0 Å². The Kier molecular flexibility index (Phi) is 5.27. The molecule has 0 saturated heterocycles. The first-order chi connectivity index (χ1) is 11.2. The highest BCUT2D eigenvalue weighted by Crippen LogP contribution is 2.47. The molecule has 124 valence electrons. The van der Waals surface area contributed by atoms with Gasteiger partial charge in [-0.1, -0.05) is 31.0 Å². The summed E-state index contributed by atoms with van der Waals surface area (Å²) in [6.07, 6.45) is 9.82. The zero-order valence-corrected chi connectivity index (χ0v) is 14.6. The van der Waals surface area contributed by atoms with Gasteiger partial charge in [0.05, 0.1) is 7.11 Å². The average molecular weight is 333 g/mol. The lowest BCUT2D eigenvalue weighted by Crippen LogP contribution is -2.17. The highest BCUT2D eigenvalue weighted by Gasteiger charge is 2.38. The van der Waals surface area contributed by atoms with E-state index in [0.717, 1.165) is 29.5 Å². The molecule has 1 aromatic carbocycles. The Bertz CT molecular complexity index is 622. The van der Waals surface area contributed by atoms with Gasteiger partial charge in [0.2, 0.25) is 0 Å². The quantitative estimate of drug-likeness (QED) is 0.719. The third kappa shape index (κ3) is 3.89. The number of aryl methyl sites for hydroxylation is 1. The van der Waals surface area contributed by atoms with Gasteiger partial charge in [0.15, 0.2) is 0 Å². The molecule has 0 aliphatic heterocycles. The van der Waals surface area contributed by atoms with Crippen LogP contribution in [0.4, 0.5) is 0 Å². The maximum absolute atomic E-state index is 6.39. The lowest BCUT2D eigenvalue weighted by molar-refractivity contribution is 0.341. The van der Waals surface area contributed by atoms with Gasteiger partial charge in [0.25, 0.3) is 0 Å². The number of aromatic amines is 1. The predicted octanol–water partition coefficient (Wildman–Crippen LogP) is 5.22. The van der Waals surface area contributed by atoms with Crippen molar-refractivity contribution in [3.63, 3.8) is 0 Å². The van der Waals surface area contributed by atoms with Crippen LogP contribution in [0.15, 0.2) is 30.6 Å². The molecule has 1 heterocycles. The maximum atomic E-state index is 6.39. The molecule has 4 heteroatoms. The van der Waals surface area contributed by atoms with Crippen LogP contribution in [0.3, 0.4) is 0 Å². The number of imidazole rings is 1. The standard InChI is InChI=1S/C19H25ClN2O/c1-3-13(18(15-6-7-15)19-21-10-11-22-19)4-5-14-8-9-16(23-2)12-17(14)20/h8-13,15,18H,3-7H2,1-2H3,(H,21,22). The van der Waals surface area contributed by atoms with Crippen molar-refractivity contribution < 1.29 is 4.74 Å². The Morgan fingerprint density at radius 3 is 2.78 bits per heavy atom. The minimum Gasteiger partial charge on any atom is -0.497 e. The molecule has 3 nitrogen and oxygen atoms in total. The second kappa shape index (κ2) is 7.39. The molecule has 1 aliphatic carbocycles. The van der Waals surface area contributed by atoms with Gasteiger partial charge in [-0.3, -0.25) is 0 Å². The molecule has 2 unspecified atom stereocenters. The maximum Gasteiger partial charge on any atom is 0.120 e. The number of methoxy groups -OCH3 is 1. The van der Waals surface area contributed by atoms with E-state index in [1.165, 1.54) is 30.7 Å². The van der Waals surface area contributed by atoms with Gasteiger partial charge in [0, 0.05) is 23.3 Å². The van der Waals surface area contributed by atoms with Crippen molar-refractivity contribution in [2.45, 2.75) is 44.9 Å². The minimum absolute atomic E-state index is 0.562. The van der Waals surface area contributed by atoms with E-state index < -0.39 is 0 Å². The van der Waals surface area contributed by atoms with E-state index in [0.29, 0.717) is 11.8 Å². The molecule has 0 spiro atoms. The molecule has 0 amide bonds. The van der Waals surface area contributed by atoms with Crippen LogP contribution in [0.2, 0.25) is 5.02 Å². The van der Waals surface area contributed by atoms with Gasteiger partial charge in [-0.05, 0) is 55.2 Å². The van der Waals surface area contributed by atoms with Crippen molar-refractivity contribution in [3.8, 4) is 5.75 Å². The van der Waals surface area contributed by atoms with Crippen LogP contribution in [0, 0.1) is 11.8 Å². The van der Waals surface area contributed by atoms with E-state index >= 15 is 0 Å². The minimum atomic E-state index is 0.562. The van der Waals surface area contributed by atoms with Gasteiger partial charge in [-0.15, -0.1) is 0 Å². The molecule has 2 aromatic rings. The molecular formula is C19H25ClN2O. The average Bonchev–Trinajstić information content (AvgIpc) is 3.25. The summed E-state index contributed by atoms with van der Waals surface area (Å²) in [6, 6.07) is 5.99. The first-order valence-corrected chi connectivity index (χ1v) is 8.92. The predicted molar refractivity (Wildman–Crippen MR) is 94.2 cm³/mol. The number of H-pyrrole nitrogens is 1. The summed E-state index contributed by atoms with van der Waals surface area (Å²) in [5.74, 6) is 3.99. The van der Waals surface area contributed by atoms with Crippen LogP contribution in [0.1, 0.15) is 49.9 Å². The monoisotopic (exact) mass is 332 g/mol. The van der Waals surface area contributed by atoms with Crippen LogP contribution in [-0.2, 0) is 6.42 Å². The number of ether oxygens (including phenoxy) is 1. The summed E-state index contributed by atoms with van der Waals surface area (Å²) in [4.78, 5) is 7.89. The third-order valence-corrected chi connectivity index (χ3v) is 5.39. The molecule has 1 N–H and O–H groups in total. The second-order valence-electron chi connectivity index (χ2n) is 6.50. The highest BCUT2D eigenvalue weighted by atomic mass is 35.5. The number of benzene rings is 1. The molecule has 1 saturated carbocycles. The topological polar surface area (TPSA) is 37.9 Å². The Balaban J connectivity index is 1.69. The third-order valence-electron chi connectivity index (χ3n) is 5.04. The van der Waals surface area contributed by atoms with E-state index in [9.17, 15) is 0 Å². The molecule has 23 heavy (non-hydrogen) atoms. The normalized spacial score (nSPS) is 17.0. The Morgan fingerprint density at radius 1 is 1.39 bits per heavy atom. The smallest absolute Gasteiger partial charge is 0.120 e. The van der Waals surface area contributed by atoms with Gasteiger partial charge < -0.3 is 9.72 Å². The SMILES string of the molecule is CCC(CCc1ccc(OC)cc1Cl)C(c1ncc[nH]1)C1CC1. The number of nitrogens with one attached hydrogen (secondary N) is 1. The van der Waals surface area contributed by atoms with E-state index in [1.54, 1.807) is 7.11 Å². The Hall–Kier alpha value is -1.48. The lowest BCUT2D eigenvalue weighted by atomic mass is 9.81. The van der Waals surface area contributed by atoms with Crippen molar-refractivity contribution in [2.75, 3.05) is 7.11 Å². The highest BCUT2D eigenvalue weighted by molar-refractivity contribution is 6.31. The molecule has 1 aliphatic rings. The molecule has 2 atom stereocenters. The van der Waals surface area contributed by atoms with Crippen molar-refractivity contribution in [2.24, 2.45) is 11.8 Å². The van der Waals surface area contributed by atoms with E-state index in [-0.39, 0.29) is 0 Å². The summed E-state index contributed by atoms with van der Waals surface area (Å²) >= 11 is 6.39. The van der Waals surface area contributed by atoms with Crippen molar-refractivity contribution >= 4 is 11.6 Å². The first-order valence-electron chi connectivity index (χ1n) is 8.54. The van der Waals surface area contributed by atoms with Crippen molar-refractivity contribution in [1.82, 2.24) is 9.97 Å². The van der Waals surface area contributed by atoms with Gasteiger partial charge in [-0.25, -0.2) is 4.98 Å². The largest absolute Gasteiger partial charge is 0.497 e. The molecule has 3 rings (SSSR count). The number of hydrogen-bond acceptors (Lipinski definition) is 2. The summed E-state index contributed by atoms with van der Waals surface area (Å²) in [5.41, 5.74) is 1.21. The van der Waals surface area contributed by atoms with Gasteiger partial charge >= 0.3 is 0 Å². The number of hydrogen-bond donors (Lipinski definition) is 1. The molecule has 0 bridgehead atoms. The van der Waals surface area contributed by atoms with Crippen LogP contribution < -0.4 is 4.74 Å². The van der Waals surface area contributed by atoms with Crippen molar-refractivity contribution in [3.05, 3.63) is 47.0 Å². The van der Waals surface area contributed by atoms with Gasteiger partial charge in [0.1, 0.15) is 11.6 Å². The summed E-state index contributed by atoms with van der Waals surface area (Å²) < 4.78 is 5.23. The fraction of sp³-hybridized carbons (Fsp3) is 0.526. The van der Waals surface area contributed by atoms with Crippen LogP contribution in [0.25, 0.3) is 0 Å². The Morgan fingerprint density at radius 2 is 2.22 bits per heavy atom. The molecule has 0 radical (unpaired) electrons. The molecule has 1 aromatic heterocycles. The van der Waals surface area contributed by atoms with Crippen LogP contribution in [0.5, 0.6) is 5.75 Å². The Labute approximate surface area is 143 Å². The summed E-state index contributed by atoms with van der Waals surface area (Å²) in [5, 5.41) is 0.806. The number of nitrogens with zero attached hydrogens (tertiary/aromatic N) is 1. The van der Waals surface area contributed by atoms with E-state index in [2.05, 4.69) is 23.0 Å². The van der Waals surface area contributed by atoms with Crippen LogP contribution in [-0.4, -0.2) is 17.1 Å². The fourth-order valence-corrected chi connectivity index (χ4v) is 3.85. The van der Waals surface area contributed by atoms with Gasteiger partial charge in [-0.2, -0.15) is 0 Å². The van der Waals surface area contributed by atoms with E-state index in [1.807, 2.05) is 24.5 Å². The summed E-state index contributed by atoms with van der Waals surface area (Å²) in [7, 11) is 1.67. The zero-order chi connectivity index (χ0) is 16.2. The number of rotatable bonds is 8. The molecule has 1 fully saturated rings. The first kappa shape index (κ1) is 16.4. The zero-order valence-electron chi connectivity index (χ0n) is 13.9. The second-order valence-corrected chi connectivity index (χ2v) is 6.91. The van der Waals surface area contributed by atoms with E-state index in [4.69, 9.17) is 16.3 Å². The summed E-state index contributed by atoms with van der Waals surface area (Å²) in [6.45, 7) is 2.29. The number of halogens is 1. The molecular weight excluding hydrogens is 308 g/mol. The van der Waals surface area contributed by atoms with Crippen LogP contribution >= 0.6 is 11.6 Å².